The molecule has 1 N–H and O–H groups in total. The van der Waals surface area contributed by atoms with Crippen LogP contribution in [0.1, 0.15) is 18.0 Å². The number of nitrogens with zero attached hydrogens (tertiary/aromatic N) is 1. The monoisotopic (exact) mass is 252 g/mol. The van der Waals surface area contributed by atoms with Crippen LogP contribution in [0.5, 0.6) is 5.75 Å². The Bertz CT molecular complexity index is 543. The quantitative estimate of drug-likeness (QED) is 0.881. The maximum Gasteiger partial charge on any atom is 0.119 e. The van der Waals surface area contributed by atoms with E-state index in [1.165, 1.54) is 0 Å². The highest BCUT2D eigenvalue weighted by Gasteiger charge is 2.10. The number of anilines is 1. The van der Waals surface area contributed by atoms with Gasteiger partial charge in [0.2, 0.25) is 0 Å². The van der Waals surface area contributed by atoms with Crippen molar-refractivity contribution >= 4 is 5.69 Å². The Balaban J connectivity index is 2.14. The molecule has 0 aromatic heterocycles. The molecule has 19 heavy (non-hydrogen) atoms. The van der Waals surface area contributed by atoms with E-state index in [1.54, 1.807) is 7.11 Å². The molecule has 0 radical (unpaired) electrons. The predicted octanol–water partition coefficient (Wildman–Crippen LogP) is 3.76. The van der Waals surface area contributed by atoms with E-state index in [0.717, 1.165) is 17.0 Å². The first-order valence-electron chi connectivity index (χ1n) is 6.16. The van der Waals surface area contributed by atoms with Crippen LogP contribution in [0.4, 0.5) is 5.69 Å². The zero-order valence-corrected chi connectivity index (χ0v) is 10.8. The van der Waals surface area contributed by atoms with E-state index in [2.05, 4.69) is 11.4 Å². The number of hydrogen-bond donors (Lipinski definition) is 1. The second kappa shape index (κ2) is 6.46. The van der Waals surface area contributed by atoms with E-state index >= 15 is 0 Å². The summed E-state index contributed by atoms with van der Waals surface area (Å²) in [6.45, 7) is 0. The second-order valence-electron chi connectivity index (χ2n) is 4.20. The van der Waals surface area contributed by atoms with Crippen molar-refractivity contribution in [1.82, 2.24) is 0 Å². The van der Waals surface area contributed by atoms with Gasteiger partial charge in [0, 0.05) is 5.69 Å². The average Bonchev–Trinajstić information content (AvgIpc) is 2.48. The van der Waals surface area contributed by atoms with Crippen molar-refractivity contribution < 1.29 is 4.74 Å². The van der Waals surface area contributed by atoms with Gasteiger partial charge in [-0.1, -0.05) is 30.3 Å². The van der Waals surface area contributed by atoms with Crippen molar-refractivity contribution in [2.24, 2.45) is 0 Å². The minimum atomic E-state index is -0.000375. The van der Waals surface area contributed by atoms with Crippen molar-refractivity contribution in [1.29, 1.82) is 5.26 Å². The van der Waals surface area contributed by atoms with Crippen molar-refractivity contribution in [2.45, 2.75) is 12.5 Å². The lowest BCUT2D eigenvalue weighted by molar-refractivity contribution is 0.415. The third-order valence-electron chi connectivity index (χ3n) is 2.93. The fourth-order valence-corrected chi connectivity index (χ4v) is 1.92. The van der Waals surface area contributed by atoms with E-state index in [4.69, 9.17) is 10.00 Å². The van der Waals surface area contributed by atoms with Crippen LogP contribution in [0.25, 0.3) is 0 Å². The zero-order chi connectivity index (χ0) is 13.5. The average molecular weight is 252 g/mol. The minimum absolute atomic E-state index is 0.000375. The molecule has 1 unspecified atom stereocenters. The number of nitrogens with one attached hydrogen (secondary N) is 1. The fourth-order valence-electron chi connectivity index (χ4n) is 1.92. The molecule has 2 rings (SSSR count). The summed E-state index contributed by atoms with van der Waals surface area (Å²) in [5, 5.41) is 12.3. The summed E-state index contributed by atoms with van der Waals surface area (Å²) < 4.78 is 5.13. The lowest BCUT2D eigenvalue weighted by Crippen LogP contribution is -2.09. The van der Waals surface area contributed by atoms with Gasteiger partial charge in [0.05, 0.1) is 25.6 Å². The SMILES string of the molecule is COc1ccc(NC(CC#N)c2ccccc2)cc1. The predicted molar refractivity (Wildman–Crippen MR) is 76.0 cm³/mol. The molecule has 0 aliphatic heterocycles. The number of methoxy groups -OCH3 is 1. The van der Waals surface area contributed by atoms with Crippen LogP contribution in [0, 0.1) is 11.3 Å². The summed E-state index contributed by atoms with van der Waals surface area (Å²) in [7, 11) is 1.64. The van der Waals surface area contributed by atoms with E-state index < -0.39 is 0 Å². The van der Waals surface area contributed by atoms with Gasteiger partial charge < -0.3 is 10.1 Å². The zero-order valence-electron chi connectivity index (χ0n) is 10.8. The first-order chi connectivity index (χ1) is 9.33. The highest BCUT2D eigenvalue weighted by Crippen LogP contribution is 2.23. The lowest BCUT2D eigenvalue weighted by Gasteiger charge is -2.17. The molecule has 0 bridgehead atoms. The van der Waals surface area contributed by atoms with Gasteiger partial charge in [0.15, 0.2) is 0 Å². The lowest BCUT2D eigenvalue weighted by atomic mass is 10.0. The van der Waals surface area contributed by atoms with E-state index in [1.807, 2.05) is 54.6 Å². The summed E-state index contributed by atoms with van der Waals surface area (Å²) >= 11 is 0. The molecule has 0 fully saturated rings. The van der Waals surface area contributed by atoms with Crippen molar-refractivity contribution in [3.05, 3.63) is 60.2 Å². The van der Waals surface area contributed by atoms with Crippen LogP contribution in [-0.2, 0) is 0 Å². The molecule has 0 spiro atoms. The molecule has 0 aliphatic carbocycles. The molecule has 3 heteroatoms. The van der Waals surface area contributed by atoms with Crippen LogP contribution in [0.3, 0.4) is 0 Å². The summed E-state index contributed by atoms with van der Waals surface area (Å²) in [4.78, 5) is 0. The molecule has 2 aromatic rings. The van der Waals surface area contributed by atoms with Crippen molar-refractivity contribution in [3.63, 3.8) is 0 Å². The van der Waals surface area contributed by atoms with Gasteiger partial charge in [0.1, 0.15) is 5.75 Å². The summed E-state index contributed by atoms with van der Waals surface area (Å²) in [6, 6.07) is 19.9. The first kappa shape index (κ1) is 13.0. The highest BCUT2D eigenvalue weighted by molar-refractivity contribution is 5.48. The van der Waals surface area contributed by atoms with Gasteiger partial charge in [-0.05, 0) is 29.8 Å². The molecule has 96 valence electrons. The Hall–Kier alpha value is -2.47. The van der Waals surface area contributed by atoms with Gasteiger partial charge in [-0.2, -0.15) is 5.26 Å². The Labute approximate surface area is 113 Å². The summed E-state index contributed by atoms with van der Waals surface area (Å²) in [5.74, 6) is 0.821. The molecule has 0 saturated carbocycles. The molecule has 0 amide bonds. The third-order valence-corrected chi connectivity index (χ3v) is 2.93. The molecule has 1 atom stereocenters. The molecular formula is C16H16N2O. The Kier molecular flexibility index (Phi) is 4.41. The third kappa shape index (κ3) is 3.49. The van der Waals surface area contributed by atoms with Crippen LogP contribution < -0.4 is 10.1 Å². The largest absolute Gasteiger partial charge is 0.497 e. The Morgan fingerprint density at radius 3 is 2.37 bits per heavy atom. The van der Waals surface area contributed by atoms with Crippen LogP contribution in [-0.4, -0.2) is 7.11 Å². The Morgan fingerprint density at radius 1 is 1.11 bits per heavy atom. The standard InChI is InChI=1S/C16H16N2O/c1-19-15-9-7-14(8-10-15)18-16(11-12-17)13-5-3-2-4-6-13/h2-10,16,18H,11H2,1H3. The Morgan fingerprint density at radius 2 is 1.79 bits per heavy atom. The van der Waals surface area contributed by atoms with Crippen LogP contribution in [0.2, 0.25) is 0 Å². The normalized spacial score (nSPS) is 11.4. The smallest absolute Gasteiger partial charge is 0.119 e. The molecule has 0 heterocycles. The maximum absolute atomic E-state index is 8.95. The molecule has 0 aliphatic rings. The van der Waals surface area contributed by atoms with E-state index in [9.17, 15) is 0 Å². The first-order valence-corrected chi connectivity index (χ1v) is 6.16. The number of rotatable bonds is 5. The van der Waals surface area contributed by atoms with Gasteiger partial charge in [-0.15, -0.1) is 0 Å². The summed E-state index contributed by atoms with van der Waals surface area (Å²) in [5.41, 5.74) is 2.09. The fraction of sp³-hybridized carbons (Fsp3) is 0.188. The number of hydrogen-bond acceptors (Lipinski definition) is 3. The number of nitriles is 1. The molecular weight excluding hydrogens is 236 g/mol. The van der Waals surface area contributed by atoms with Crippen LogP contribution >= 0.6 is 0 Å². The topological polar surface area (TPSA) is 45.0 Å². The second-order valence-corrected chi connectivity index (χ2v) is 4.20. The molecule has 2 aromatic carbocycles. The van der Waals surface area contributed by atoms with E-state index in [0.29, 0.717) is 6.42 Å². The number of ether oxygens (including phenoxy) is 1. The van der Waals surface area contributed by atoms with Gasteiger partial charge >= 0.3 is 0 Å². The van der Waals surface area contributed by atoms with Gasteiger partial charge in [-0.25, -0.2) is 0 Å². The van der Waals surface area contributed by atoms with Crippen molar-refractivity contribution in [3.8, 4) is 11.8 Å². The minimum Gasteiger partial charge on any atom is -0.497 e. The summed E-state index contributed by atoms with van der Waals surface area (Å²) in [6.07, 6.45) is 0.427. The van der Waals surface area contributed by atoms with Crippen LogP contribution in [0.15, 0.2) is 54.6 Å². The van der Waals surface area contributed by atoms with Crippen molar-refractivity contribution in [2.75, 3.05) is 12.4 Å². The molecule has 3 nitrogen and oxygen atoms in total. The molecule has 0 saturated heterocycles. The van der Waals surface area contributed by atoms with Gasteiger partial charge in [-0.3, -0.25) is 0 Å². The number of benzene rings is 2. The van der Waals surface area contributed by atoms with Gasteiger partial charge in [0.25, 0.3) is 0 Å². The highest BCUT2D eigenvalue weighted by atomic mass is 16.5. The van der Waals surface area contributed by atoms with E-state index in [-0.39, 0.29) is 6.04 Å². The maximum atomic E-state index is 8.95.